The molecule has 0 aromatic rings. The van der Waals surface area contributed by atoms with E-state index >= 15 is 0 Å². The fraction of sp³-hybridized carbons (Fsp3) is 0.826. The highest BCUT2D eigenvalue weighted by Crippen LogP contribution is 2.66. The van der Waals surface area contributed by atoms with E-state index in [2.05, 4.69) is 20.8 Å². The van der Waals surface area contributed by atoms with Crippen LogP contribution in [-0.2, 0) is 23.7 Å². The molecule has 7 atom stereocenters. The molecule has 1 N–H and O–H groups in total. The maximum absolute atomic E-state index is 12.6. The lowest BCUT2D eigenvalue weighted by molar-refractivity contribution is -0.323. The summed E-state index contributed by atoms with van der Waals surface area (Å²) in [5.74, 6) is -0.665. The molecule has 3 aliphatic carbocycles. The Bertz CT molecular complexity index is 846. The Kier molecular flexibility index (Phi) is 4.06. The SMILES string of the molecule is CC(=O)O[C@H]1C[C@@]23OC(=O)O[C@H]2[C@H]2[C@](C)(CCC(=C1C)C3(C)C)CC[C@H]1OC[C@]12O. The maximum Gasteiger partial charge on any atom is 0.509 e. The number of ether oxygens (including phenoxy) is 4. The van der Waals surface area contributed by atoms with Gasteiger partial charge in [-0.1, -0.05) is 26.3 Å². The summed E-state index contributed by atoms with van der Waals surface area (Å²) >= 11 is 0. The maximum atomic E-state index is 12.6. The average molecular weight is 421 g/mol. The molecule has 2 aliphatic heterocycles. The molecule has 0 aromatic carbocycles. The zero-order valence-electron chi connectivity index (χ0n) is 18.4. The fourth-order valence-electron chi connectivity index (χ4n) is 7.41. The van der Waals surface area contributed by atoms with Gasteiger partial charge in [0.1, 0.15) is 11.7 Å². The van der Waals surface area contributed by atoms with Crippen LogP contribution in [0, 0.1) is 16.7 Å². The molecule has 30 heavy (non-hydrogen) atoms. The van der Waals surface area contributed by atoms with Crippen molar-refractivity contribution in [2.45, 2.75) is 96.2 Å². The van der Waals surface area contributed by atoms with E-state index in [9.17, 15) is 14.7 Å². The predicted octanol–water partition coefficient (Wildman–Crippen LogP) is 3.28. The van der Waals surface area contributed by atoms with Crippen molar-refractivity contribution >= 4 is 12.1 Å². The minimum Gasteiger partial charge on any atom is -0.458 e. The van der Waals surface area contributed by atoms with Crippen molar-refractivity contribution in [1.29, 1.82) is 0 Å². The third-order valence-electron chi connectivity index (χ3n) is 9.11. The molecule has 166 valence electrons. The Morgan fingerprint density at radius 3 is 2.60 bits per heavy atom. The van der Waals surface area contributed by atoms with Crippen LogP contribution < -0.4 is 0 Å². The summed E-state index contributed by atoms with van der Waals surface area (Å²) in [4.78, 5) is 24.5. The number of esters is 1. The van der Waals surface area contributed by atoms with Gasteiger partial charge in [-0.3, -0.25) is 4.79 Å². The van der Waals surface area contributed by atoms with Gasteiger partial charge in [0.25, 0.3) is 0 Å². The quantitative estimate of drug-likeness (QED) is 0.514. The van der Waals surface area contributed by atoms with E-state index in [-0.39, 0.29) is 30.0 Å². The number of rotatable bonds is 1. The minimum atomic E-state index is -1.04. The number of hydrogen-bond donors (Lipinski definition) is 1. The fourth-order valence-corrected chi connectivity index (χ4v) is 7.41. The Morgan fingerprint density at radius 1 is 1.23 bits per heavy atom. The van der Waals surface area contributed by atoms with Crippen molar-refractivity contribution in [2.24, 2.45) is 16.7 Å². The average Bonchev–Trinajstić information content (AvgIpc) is 2.94. The largest absolute Gasteiger partial charge is 0.509 e. The summed E-state index contributed by atoms with van der Waals surface area (Å²) in [6.45, 7) is 10.1. The zero-order valence-corrected chi connectivity index (χ0v) is 18.4. The molecule has 2 heterocycles. The van der Waals surface area contributed by atoms with Crippen molar-refractivity contribution < 1.29 is 33.6 Å². The lowest BCUT2D eigenvalue weighted by atomic mass is 9.46. The van der Waals surface area contributed by atoms with E-state index in [0.717, 1.165) is 31.3 Å². The summed E-state index contributed by atoms with van der Waals surface area (Å²) in [6.07, 6.45) is 1.64. The second-order valence-corrected chi connectivity index (χ2v) is 10.8. The van der Waals surface area contributed by atoms with Crippen LogP contribution in [0.15, 0.2) is 11.1 Å². The third kappa shape index (κ3) is 2.34. The first kappa shape index (κ1) is 20.3. The summed E-state index contributed by atoms with van der Waals surface area (Å²) in [6, 6.07) is 0. The van der Waals surface area contributed by atoms with Crippen LogP contribution in [0.2, 0.25) is 0 Å². The standard InChI is InChI=1S/C23H32O7/c1-12-14-6-8-21(5)9-7-16-22(26,11-27-16)17(21)18-23(20(14,3)4,30-19(25)29-18)10-15(12)28-13(2)24/h15-18,26H,6-11H2,1-5H3/t15-,16+,17-,18-,21+,22-,23+/m0/s1. The van der Waals surface area contributed by atoms with Crippen LogP contribution >= 0.6 is 0 Å². The lowest BCUT2D eigenvalue weighted by Gasteiger charge is -2.64. The van der Waals surface area contributed by atoms with Gasteiger partial charge >= 0.3 is 12.1 Å². The zero-order chi connectivity index (χ0) is 21.7. The Balaban J connectivity index is 1.71. The van der Waals surface area contributed by atoms with Gasteiger partial charge in [0.15, 0.2) is 11.7 Å². The Labute approximate surface area is 177 Å². The summed E-state index contributed by atoms with van der Waals surface area (Å²) in [5, 5.41) is 11.7. The summed E-state index contributed by atoms with van der Waals surface area (Å²) in [7, 11) is 0. The van der Waals surface area contributed by atoms with Gasteiger partial charge in [0, 0.05) is 24.7 Å². The molecule has 2 saturated heterocycles. The van der Waals surface area contributed by atoms with E-state index in [4.69, 9.17) is 18.9 Å². The van der Waals surface area contributed by atoms with Gasteiger partial charge < -0.3 is 24.1 Å². The van der Waals surface area contributed by atoms with Crippen LogP contribution in [-0.4, -0.2) is 53.4 Å². The van der Waals surface area contributed by atoms with Gasteiger partial charge in [-0.05, 0) is 43.6 Å². The third-order valence-corrected chi connectivity index (χ3v) is 9.11. The summed E-state index contributed by atoms with van der Waals surface area (Å²) in [5.41, 5.74) is -0.571. The monoisotopic (exact) mass is 420 g/mol. The molecule has 1 spiro atoms. The van der Waals surface area contributed by atoms with Crippen molar-refractivity contribution in [3.05, 3.63) is 11.1 Å². The normalized spacial score (nSPS) is 48.7. The molecule has 7 nitrogen and oxygen atoms in total. The smallest absolute Gasteiger partial charge is 0.458 e. The predicted molar refractivity (Wildman–Crippen MR) is 105 cm³/mol. The van der Waals surface area contributed by atoms with Crippen molar-refractivity contribution in [2.75, 3.05) is 6.61 Å². The first-order valence-electron chi connectivity index (χ1n) is 11.1. The molecule has 5 rings (SSSR count). The van der Waals surface area contributed by atoms with Crippen LogP contribution in [0.1, 0.15) is 66.7 Å². The topological polar surface area (TPSA) is 91.3 Å². The number of fused-ring (bicyclic) bond motifs is 5. The van der Waals surface area contributed by atoms with Crippen LogP contribution in [0.5, 0.6) is 0 Å². The molecule has 0 amide bonds. The number of carbonyl (C=O) groups is 2. The van der Waals surface area contributed by atoms with Crippen molar-refractivity contribution in [3.63, 3.8) is 0 Å². The Hall–Kier alpha value is -1.60. The van der Waals surface area contributed by atoms with Crippen molar-refractivity contribution in [1.82, 2.24) is 0 Å². The van der Waals surface area contributed by atoms with Gasteiger partial charge in [0.05, 0.1) is 12.7 Å². The molecule has 2 saturated carbocycles. The highest BCUT2D eigenvalue weighted by Gasteiger charge is 2.75. The summed E-state index contributed by atoms with van der Waals surface area (Å²) < 4.78 is 23.4. The molecule has 0 unspecified atom stereocenters. The van der Waals surface area contributed by atoms with Crippen LogP contribution in [0.4, 0.5) is 4.79 Å². The molecule has 4 fully saturated rings. The number of hydrogen-bond acceptors (Lipinski definition) is 7. The highest BCUT2D eigenvalue weighted by molar-refractivity contribution is 5.67. The molecule has 0 aromatic heterocycles. The molecular weight excluding hydrogens is 388 g/mol. The van der Waals surface area contributed by atoms with E-state index in [0.29, 0.717) is 6.42 Å². The molecule has 5 aliphatic rings. The minimum absolute atomic E-state index is 0.213. The van der Waals surface area contributed by atoms with E-state index < -0.39 is 35.0 Å². The second kappa shape index (κ2) is 6.00. The first-order valence-corrected chi connectivity index (χ1v) is 11.1. The van der Waals surface area contributed by atoms with E-state index in [1.54, 1.807) is 0 Å². The second-order valence-electron chi connectivity index (χ2n) is 10.8. The molecule has 0 radical (unpaired) electrons. The van der Waals surface area contributed by atoms with Gasteiger partial charge in [-0.15, -0.1) is 0 Å². The molecule has 7 heteroatoms. The Morgan fingerprint density at radius 2 is 1.97 bits per heavy atom. The van der Waals surface area contributed by atoms with Gasteiger partial charge in [0.2, 0.25) is 0 Å². The first-order chi connectivity index (χ1) is 13.9. The van der Waals surface area contributed by atoms with E-state index in [1.807, 2.05) is 6.92 Å². The van der Waals surface area contributed by atoms with Crippen LogP contribution in [0.25, 0.3) is 0 Å². The molecular formula is C23H32O7. The number of carbonyl (C=O) groups excluding carboxylic acids is 2. The highest BCUT2D eigenvalue weighted by atomic mass is 16.8. The van der Waals surface area contributed by atoms with Crippen molar-refractivity contribution in [3.8, 4) is 0 Å². The lowest BCUT2D eigenvalue weighted by Crippen LogP contribution is -2.75. The number of aliphatic hydroxyl groups is 1. The van der Waals surface area contributed by atoms with E-state index in [1.165, 1.54) is 12.5 Å². The van der Waals surface area contributed by atoms with Gasteiger partial charge in [-0.2, -0.15) is 0 Å². The van der Waals surface area contributed by atoms with Crippen LogP contribution in [0.3, 0.4) is 0 Å². The van der Waals surface area contributed by atoms with Gasteiger partial charge in [-0.25, -0.2) is 4.79 Å². The molecule has 2 bridgehead atoms.